The summed E-state index contributed by atoms with van der Waals surface area (Å²) in [6, 6.07) is 0.988. The van der Waals surface area contributed by atoms with Crippen molar-refractivity contribution in [2.24, 2.45) is 0 Å². The summed E-state index contributed by atoms with van der Waals surface area (Å²) in [5, 5.41) is 6.15. The molecule has 0 spiro atoms. The number of likely N-dealkylation sites (tertiary alicyclic amines) is 1. The molecule has 18 heavy (non-hydrogen) atoms. The zero-order valence-electron chi connectivity index (χ0n) is 11.6. The van der Waals surface area contributed by atoms with Gasteiger partial charge in [-0.15, -0.1) is 0 Å². The lowest BCUT2D eigenvalue weighted by Crippen LogP contribution is -2.47. The molecule has 0 aromatic rings. The first kappa shape index (κ1) is 13.7. The zero-order chi connectivity index (χ0) is 12.8. The van der Waals surface area contributed by atoms with Crippen LogP contribution in [0.25, 0.3) is 0 Å². The Hall–Kier alpha value is -0.770. The number of nitrogens with one attached hydrogen (secondary N) is 2. The van der Waals surface area contributed by atoms with Crippen LogP contribution in [-0.2, 0) is 0 Å². The van der Waals surface area contributed by atoms with Crippen molar-refractivity contribution in [2.45, 2.75) is 64.0 Å². The summed E-state index contributed by atoms with van der Waals surface area (Å²) < 4.78 is 0. The number of amides is 2. The highest BCUT2D eigenvalue weighted by molar-refractivity contribution is 5.74. The summed E-state index contributed by atoms with van der Waals surface area (Å²) in [5.41, 5.74) is 0. The number of carbonyl (C=O) groups excluding carboxylic acids is 1. The maximum atomic E-state index is 11.8. The molecule has 0 bridgehead atoms. The van der Waals surface area contributed by atoms with Crippen molar-refractivity contribution in [2.75, 3.05) is 19.6 Å². The third-order valence-electron chi connectivity index (χ3n) is 4.34. The molecule has 1 aliphatic heterocycles. The number of hydrogen-bond donors (Lipinski definition) is 2. The third-order valence-corrected chi connectivity index (χ3v) is 4.34. The minimum atomic E-state index is 0.0323. The Labute approximate surface area is 110 Å². The smallest absolute Gasteiger partial charge is 0.315 e. The van der Waals surface area contributed by atoms with Gasteiger partial charge < -0.3 is 10.6 Å². The Morgan fingerprint density at radius 2 is 1.94 bits per heavy atom. The van der Waals surface area contributed by atoms with Crippen molar-refractivity contribution in [1.29, 1.82) is 0 Å². The quantitative estimate of drug-likeness (QED) is 0.806. The van der Waals surface area contributed by atoms with Gasteiger partial charge in [0, 0.05) is 18.6 Å². The molecule has 104 valence electrons. The Morgan fingerprint density at radius 3 is 2.67 bits per heavy atom. The van der Waals surface area contributed by atoms with E-state index in [2.05, 4.69) is 22.5 Å². The summed E-state index contributed by atoms with van der Waals surface area (Å²) in [4.78, 5) is 14.3. The van der Waals surface area contributed by atoms with E-state index in [4.69, 9.17) is 0 Å². The van der Waals surface area contributed by atoms with Crippen molar-refractivity contribution in [3.05, 3.63) is 0 Å². The van der Waals surface area contributed by atoms with Crippen LogP contribution < -0.4 is 10.6 Å². The van der Waals surface area contributed by atoms with Gasteiger partial charge in [-0.05, 0) is 38.8 Å². The molecule has 4 nitrogen and oxygen atoms in total. The van der Waals surface area contributed by atoms with E-state index >= 15 is 0 Å². The van der Waals surface area contributed by atoms with Gasteiger partial charge in [-0.1, -0.05) is 26.2 Å². The number of likely N-dealkylation sites (N-methyl/N-ethyl adjacent to an activating group) is 1. The van der Waals surface area contributed by atoms with Crippen LogP contribution in [0, 0.1) is 0 Å². The fraction of sp³-hybridized carbons (Fsp3) is 0.929. The fourth-order valence-electron chi connectivity index (χ4n) is 3.24. The molecule has 2 amide bonds. The van der Waals surface area contributed by atoms with E-state index in [1.165, 1.54) is 38.6 Å². The number of carbonyl (C=O) groups is 1. The van der Waals surface area contributed by atoms with E-state index in [0.29, 0.717) is 12.1 Å². The number of rotatable bonds is 4. The monoisotopic (exact) mass is 253 g/mol. The molecule has 0 radical (unpaired) electrons. The average Bonchev–Trinajstić information content (AvgIpc) is 2.85. The molecular weight excluding hydrogens is 226 g/mol. The van der Waals surface area contributed by atoms with Crippen LogP contribution in [0.4, 0.5) is 4.79 Å². The summed E-state index contributed by atoms with van der Waals surface area (Å²) in [7, 11) is 0. The highest BCUT2D eigenvalue weighted by atomic mass is 16.2. The molecule has 2 aliphatic rings. The summed E-state index contributed by atoms with van der Waals surface area (Å²) >= 11 is 0. The highest BCUT2D eigenvalue weighted by Crippen LogP contribution is 2.17. The normalized spacial score (nSPS) is 26.2. The molecule has 0 aromatic carbocycles. The molecule has 1 unspecified atom stereocenters. The van der Waals surface area contributed by atoms with Gasteiger partial charge in [-0.2, -0.15) is 0 Å². The van der Waals surface area contributed by atoms with Gasteiger partial charge >= 0.3 is 6.03 Å². The fourth-order valence-corrected chi connectivity index (χ4v) is 3.24. The number of nitrogens with zero attached hydrogens (tertiary/aromatic N) is 1. The van der Waals surface area contributed by atoms with Gasteiger partial charge in [0.2, 0.25) is 0 Å². The van der Waals surface area contributed by atoms with Crippen LogP contribution in [0.2, 0.25) is 0 Å². The topological polar surface area (TPSA) is 44.4 Å². The first-order chi connectivity index (χ1) is 8.79. The molecule has 4 heteroatoms. The maximum Gasteiger partial charge on any atom is 0.315 e. The van der Waals surface area contributed by atoms with E-state index in [-0.39, 0.29) is 6.03 Å². The van der Waals surface area contributed by atoms with Gasteiger partial charge in [-0.25, -0.2) is 4.79 Å². The van der Waals surface area contributed by atoms with Crippen LogP contribution in [0.5, 0.6) is 0 Å². The van der Waals surface area contributed by atoms with Crippen molar-refractivity contribution in [3.8, 4) is 0 Å². The summed E-state index contributed by atoms with van der Waals surface area (Å²) in [5.74, 6) is 0. The van der Waals surface area contributed by atoms with Crippen molar-refractivity contribution in [1.82, 2.24) is 15.5 Å². The molecule has 2 N–H and O–H groups in total. The van der Waals surface area contributed by atoms with Gasteiger partial charge in [0.1, 0.15) is 0 Å². The Morgan fingerprint density at radius 1 is 1.17 bits per heavy atom. The van der Waals surface area contributed by atoms with E-state index in [0.717, 1.165) is 25.9 Å². The van der Waals surface area contributed by atoms with Crippen molar-refractivity contribution < 1.29 is 4.79 Å². The van der Waals surface area contributed by atoms with Crippen LogP contribution in [0.3, 0.4) is 0 Å². The molecule has 2 rings (SSSR count). The van der Waals surface area contributed by atoms with Crippen molar-refractivity contribution in [3.63, 3.8) is 0 Å². The largest absolute Gasteiger partial charge is 0.337 e. The lowest BCUT2D eigenvalue weighted by Gasteiger charge is -2.25. The van der Waals surface area contributed by atoms with Gasteiger partial charge in [-0.3, -0.25) is 4.90 Å². The predicted molar refractivity (Wildman–Crippen MR) is 73.7 cm³/mol. The lowest BCUT2D eigenvalue weighted by molar-refractivity contribution is 0.222. The van der Waals surface area contributed by atoms with E-state index in [1.54, 1.807) is 0 Å². The van der Waals surface area contributed by atoms with Crippen LogP contribution in [0.1, 0.15) is 51.9 Å². The number of urea groups is 1. The number of hydrogen-bond acceptors (Lipinski definition) is 2. The SMILES string of the molecule is CCN1CCCC1CNC(=O)NC1CCCCC1. The first-order valence-corrected chi connectivity index (χ1v) is 7.58. The zero-order valence-corrected chi connectivity index (χ0v) is 11.6. The average molecular weight is 253 g/mol. The second-order valence-corrected chi connectivity index (χ2v) is 5.61. The Bertz CT molecular complexity index is 264. The Kier molecular flexibility index (Phi) is 5.29. The maximum absolute atomic E-state index is 11.8. The second-order valence-electron chi connectivity index (χ2n) is 5.61. The van der Waals surface area contributed by atoms with Crippen LogP contribution >= 0.6 is 0 Å². The molecule has 1 atom stereocenters. The first-order valence-electron chi connectivity index (χ1n) is 7.58. The molecule has 0 aromatic heterocycles. The van der Waals surface area contributed by atoms with E-state index < -0.39 is 0 Å². The van der Waals surface area contributed by atoms with Gasteiger partial charge in [0.05, 0.1) is 0 Å². The molecule has 1 saturated carbocycles. The highest BCUT2D eigenvalue weighted by Gasteiger charge is 2.23. The Balaban J connectivity index is 1.64. The third kappa shape index (κ3) is 3.87. The second kappa shape index (κ2) is 6.98. The van der Waals surface area contributed by atoms with E-state index in [9.17, 15) is 4.79 Å². The molecule has 1 heterocycles. The standard InChI is InChI=1S/C14H27N3O/c1-2-17-10-6-9-13(17)11-15-14(18)16-12-7-4-3-5-8-12/h12-13H,2-11H2,1H3,(H2,15,16,18). The molecule has 2 fully saturated rings. The lowest BCUT2D eigenvalue weighted by atomic mass is 9.96. The molecular formula is C14H27N3O. The molecule has 1 saturated heterocycles. The summed E-state index contributed by atoms with van der Waals surface area (Å²) in [6.45, 7) is 5.27. The van der Waals surface area contributed by atoms with Crippen LogP contribution in [0.15, 0.2) is 0 Å². The summed E-state index contributed by atoms with van der Waals surface area (Å²) in [6.07, 6.45) is 8.64. The minimum Gasteiger partial charge on any atom is -0.337 e. The van der Waals surface area contributed by atoms with Crippen LogP contribution in [-0.4, -0.2) is 42.6 Å². The van der Waals surface area contributed by atoms with Gasteiger partial charge in [0.15, 0.2) is 0 Å². The van der Waals surface area contributed by atoms with Gasteiger partial charge in [0.25, 0.3) is 0 Å². The minimum absolute atomic E-state index is 0.0323. The predicted octanol–water partition coefficient (Wildman–Crippen LogP) is 2.10. The van der Waals surface area contributed by atoms with Crippen molar-refractivity contribution >= 4 is 6.03 Å². The molecule has 1 aliphatic carbocycles. The van der Waals surface area contributed by atoms with E-state index in [1.807, 2.05) is 0 Å².